The van der Waals surface area contributed by atoms with Gasteiger partial charge in [-0.1, -0.05) is 18.2 Å². The first-order chi connectivity index (χ1) is 10.8. The van der Waals surface area contributed by atoms with Crippen molar-refractivity contribution < 1.29 is 4.79 Å². The molecule has 112 valence electrons. The molecular formula is C16H17N5O. The van der Waals surface area contributed by atoms with Crippen LogP contribution in [0.4, 0.5) is 0 Å². The van der Waals surface area contributed by atoms with Crippen molar-refractivity contribution in [3.63, 3.8) is 0 Å². The third-order valence-electron chi connectivity index (χ3n) is 3.26. The van der Waals surface area contributed by atoms with E-state index in [-0.39, 0.29) is 5.91 Å². The first-order valence-electron chi connectivity index (χ1n) is 7.20. The van der Waals surface area contributed by atoms with Crippen molar-refractivity contribution in [2.75, 3.05) is 6.54 Å². The van der Waals surface area contributed by atoms with Crippen LogP contribution >= 0.6 is 0 Å². The second-order valence-corrected chi connectivity index (χ2v) is 4.89. The molecule has 1 N–H and O–H groups in total. The van der Waals surface area contributed by atoms with Crippen molar-refractivity contribution in [2.24, 2.45) is 0 Å². The van der Waals surface area contributed by atoms with Gasteiger partial charge in [-0.05, 0) is 30.7 Å². The summed E-state index contributed by atoms with van der Waals surface area (Å²) in [7, 11) is 0. The van der Waals surface area contributed by atoms with Gasteiger partial charge in [-0.25, -0.2) is 0 Å². The SMILES string of the molecule is O=C(NCCCn1cccc1)c1cnn(-c2ccccc2)n1. The highest BCUT2D eigenvalue weighted by atomic mass is 16.2. The summed E-state index contributed by atoms with van der Waals surface area (Å²) in [5, 5.41) is 11.2. The second-order valence-electron chi connectivity index (χ2n) is 4.89. The number of hydrogen-bond donors (Lipinski definition) is 1. The zero-order valence-corrected chi connectivity index (χ0v) is 12.1. The molecule has 0 spiro atoms. The van der Waals surface area contributed by atoms with Crippen molar-refractivity contribution in [1.82, 2.24) is 24.9 Å². The summed E-state index contributed by atoms with van der Waals surface area (Å²) in [6.07, 6.45) is 6.36. The zero-order chi connectivity index (χ0) is 15.2. The van der Waals surface area contributed by atoms with Crippen LogP contribution < -0.4 is 5.32 Å². The van der Waals surface area contributed by atoms with E-state index in [1.807, 2.05) is 54.9 Å². The van der Waals surface area contributed by atoms with Crippen molar-refractivity contribution in [3.8, 4) is 5.69 Å². The van der Waals surface area contributed by atoms with Crippen molar-refractivity contribution >= 4 is 5.91 Å². The van der Waals surface area contributed by atoms with Crippen LogP contribution in [0, 0.1) is 0 Å². The summed E-state index contributed by atoms with van der Waals surface area (Å²) in [5.74, 6) is -0.199. The molecule has 6 nitrogen and oxygen atoms in total. The van der Waals surface area contributed by atoms with Gasteiger partial charge in [0.25, 0.3) is 5.91 Å². The molecule has 3 aromatic rings. The Morgan fingerprint density at radius 2 is 1.86 bits per heavy atom. The molecule has 0 fully saturated rings. The van der Waals surface area contributed by atoms with Crippen molar-refractivity contribution in [2.45, 2.75) is 13.0 Å². The first kappa shape index (κ1) is 14.1. The Kier molecular flexibility index (Phi) is 4.29. The summed E-state index contributed by atoms with van der Waals surface area (Å²) in [6, 6.07) is 13.5. The predicted octanol–water partition coefficient (Wildman–Crippen LogP) is 1.89. The lowest BCUT2D eigenvalue weighted by Gasteiger charge is -2.04. The van der Waals surface area contributed by atoms with Crippen LogP contribution in [0.1, 0.15) is 16.9 Å². The number of para-hydroxylation sites is 1. The number of hydrogen-bond acceptors (Lipinski definition) is 3. The summed E-state index contributed by atoms with van der Waals surface area (Å²) in [5.41, 5.74) is 1.15. The average molecular weight is 295 g/mol. The molecule has 2 aromatic heterocycles. The third-order valence-corrected chi connectivity index (χ3v) is 3.26. The number of carbonyl (C=O) groups is 1. The van der Waals surface area contributed by atoms with Crippen LogP contribution in [0.25, 0.3) is 5.69 Å². The molecular weight excluding hydrogens is 278 g/mol. The molecule has 1 aromatic carbocycles. The number of amides is 1. The Bertz CT molecular complexity index is 718. The summed E-state index contributed by atoms with van der Waals surface area (Å²) in [4.78, 5) is 13.5. The summed E-state index contributed by atoms with van der Waals surface area (Å²) in [6.45, 7) is 1.49. The monoisotopic (exact) mass is 295 g/mol. The minimum atomic E-state index is -0.199. The van der Waals surface area contributed by atoms with E-state index in [4.69, 9.17) is 0 Å². The molecule has 3 rings (SSSR count). The van der Waals surface area contributed by atoms with E-state index in [0.717, 1.165) is 18.7 Å². The molecule has 22 heavy (non-hydrogen) atoms. The van der Waals surface area contributed by atoms with Gasteiger partial charge in [-0.3, -0.25) is 4.79 Å². The lowest BCUT2D eigenvalue weighted by molar-refractivity contribution is 0.0947. The van der Waals surface area contributed by atoms with Gasteiger partial charge in [0.1, 0.15) is 0 Å². The molecule has 0 unspecified atom stereocenters. The number of nitrogens with one attached hydrogen (secondary N) is 1. The highest BCUT2D eigenvalue weighted by Crippen LogP contribution is 2.04. The molecule has 0 aliphatic carbocycles. The van der Waals surface area contributed by atoms with Gasteiger partial charge < -0.3 is 9.88 Å². The molecule has 6 heteroatoms. The maximum absolute atomic E-state index is 12.0. The maximum Gasteiger partial charge on any atom is 0.273 e. The minimum absolute atomic E-state index is 0.199. The molecule has 0 atom stereocenters. The smallest absolute Gasteiger partial charge is 0.273 e. The second kappa shape index (κ2) is 6.71. The quantitative estimate of drug-likeness (QED) is 0.706. The summed E-state index contributed by atoms with van der Waals surface area (Å²) < 4.78 is 2.08. The van der Waals surface area contributed by atoms with E-state index < -0.39 is 0 Å². The molecule has 0 saturated carbocycles. The average Bonchev–Trinajstić information content (AvgIpc) is 3.24. The van der Waals surface area contributed by atoms with Gasteiger partial charge in [-0.15, -0.1) is 5.10 Å². The maximum atomic E-state index is 12.0. The Morgan fingerprint density at radius 1 is 1.09 bits per heavy atom. The minimum Gasteiger partial charge on any atom is -0.354 e. The Morgan fingerprint density at radius 3 is 2.64 bits per heavy atom. The van der Waals surface area contributed by atoms with Crippen LogP contribution in [0.15, 0.2) is 61.1 Å². The van der Waals surface area contributed by atoms with E-state index in [1.54, 1.807) is 0 Å². The topological polar surface area (TPSA) is 64.7 Å². The number of nitrogens with zero attached hydrogens (tertiary/aromatic N) is 4. The van der Waals surface area contributed by atoms with E-state index in [1.165, 1.54) is 11.0 Å². The largest absolute Gasteiger partial charge is 0.354 e. The standard InChI is InChI=1S/C16H17N5O/c22-16(17-9-6-12-20-10-4-5-11-20)15-13-18-21(19-15)14-7-2-1-3-8-14/h1-5,7-8,10-11,13H,6,9,12H2,(H,17,22). The Hall–Kier alpha value is -2.89. The molecule has 0 aliphatic heterocycles. The predicted molar refractivity (Wildman–Crippen MR) is 82.7 cm³/mol. The highest BCUT2D eigenvalue weighted by molar-refractivity contribution is 5.91. The first-order valence-corrected chi connectivity index (χ1v) is 7.20. The lowest BCUT2D eigenvalue weighted by Crippen LogP contribution is -2.25. The fourth-order valence-corrected chi connectivity index (χ4v) is 2.13. The zero-order valence-electron chi connectivity index (χ0n) is 12.1. The van der Waals surface area contributed by atoms with Crippen LogP contribution in [-0.4, -0.2) is 32.0 Å². The van der Waals surface area contributed by atoms with Gasteiger partial charge in [0.2, 0.25) is 0 Å². The number of aromatic nitrogens is 4. The molecule has 0 saturated heterocycles. The molecule has 0 aliphatic rings. The Labute approximate surface area is 128 Å². The molecule has 0 bridgehead atoms. The van der Waals surface area contributed by atoms with Crippen molar-refractivity contribution in [1.29, 1.82) is 0 Å². The van der Waals surface area contributed by atoms with Gasteiger partial charge in [0, 0.05) is 25.5 Å². The molecule has 2 heterocycles. The molecule has 0 radical (unpaired) electrons. The van der Waals surface area contributed by atoms with Gasteiger partial charge in [-0.2, -0.15) is 9.90 Å². The normalized spacial score (nSPS) is 10.5. The fraction of sp³-hybridized carbons (Fsp3) is 0.188. The third kappa shape index (κ3) is 3.41. The number of aryl methyl sites for hydroxylation is 1. The summed E-state index contributed by atoms with van der Waals surface area (Å²) >= 11 is 0. The number of carbonyl (C=O) groups excluding carboxylic acids is 1. The molecule has 1 amide bonds. The van der Waals surface area contributed by atoms with Crippen molar-refractivity contribution in [3.05, 3.63) is 66.7 Å². The van der Waals surface area contributed by atoms with Crippen LogP contribution in [-0.2, 0) is 6.54 Å². The van der Waals surface area contributed by atoms with Crippen LogP contribution in [0.3, 0.4) is 0 Å². The highest BCUT2D eigenvalue weighted by Gasteiger charge is 2.10. The van der Waals surface area contributed by atoms with E-state index >= 15 is 0 Å². The Balaban J connectivity index is 1.51. The van der Waals surface area contributed by atoms with E-state index in [9.17, 15) is 4.79 Å². The fourth-order valence-electron chi connectivity index (χ4n) is 2.13. The van der Waals surface area contributed by atoms with E-state index in [0.29, 0.717) is 12.2 Å². The van der Waals surface area contributed by atoms with Crippen LogP contribution in [0.2, 0.25) is 0 Å². The van der Waals surface area contributed by atoms with Gasteiger partial charge in [0.15, 0.2) is 5.69 Å². The van der Waals surface area contributed by atoms with Crippen LogP contribution in [0.5, 0.6) is 0 Å². The van der Waals surface area contributed by atoms with Gasteiger partial charge >= 0.3 is 0 Å². The van der Waals surface area contributed by atoms with E-state index in [2.05, 4.69) is 20.1 Å². The lowest BCUT2D eigenvalue weighted by atomic mass is 10.3. The number of benzene rings is 1. The van der Waals surface area contributed by atoms with Gasteiger partial charge in [0.05, 0.1) is 11.9 Å². The number of rotatable bonds is 6.